The molecule has 1 amide bonds. The fourth-order valence-corrected chi connectivity index (χ4v) is 3.31. The molecule has 0 bridgehead atoms. The van der Waals surface area contributed by atoms with Crippen molar-refractivity contribution in [2.45, 2.75) is 38.4 Å². The molecule has 24 heavy (non-hydrogen) atoms. The molecule has 1 fully saturated rings. The van der Waals surface area contributed by atoms with Crippen LogP contribution in [-0.2, 0) is 13.1 Å². The fourth-order valence-electron chi connectivity index (χ4n) is 3.31. The smallest absolute Gasteiger partial charge is 0.253 e. The van der Waals surface area contributed by atoms with Crippen LogP contribution in [0.15, 0.2) is 36.9 Å². The number of piperidine rings is 1. The summed E-state index contributed by atoms with van der Waals surface area (Å²) >= 11 is 0. The Morgan fingerprint density at radius 1 is 1.33 bits per heavy atom. The van der Waals surface area contributed by atoms with E-state index in [1.165, 1.54) is 24.8 Å². The Hall–Kier alpha value is -2.21. The van der Waals surface area contributed by atoms with E-state index in [0.717, 1.165) is 25.2 Å². The van der Waals surface area contributed by atoms with Crippen LogP contribution in [0.25, 0.3) is 0 Å². The largest absolute Gasteiger partial charge is 0.345 e. The molecule has 0 aliphatic carbocycles. The highest BCUT2D eigenvalue weighted by atomic mass is 16.2. The zero-order valence-electron chi connectivity index (χ0n) is 14.4. The lowest BCUT2D eigenvalue weighted by Crippen LogP contribution is -2.41. The Labute approximate surface area is 143 Å². The Bertz CT molecular complexity index is 668. The molecule has 2 aromatic rings. The summed E-state index contributed by atoms with van der Waals surface area (Å²) in [5, 5.41) is 4.24. The lowest BCUT2D eigenvalue weighted by molar-refractivity contribution is 0.0827. The summed E-state index contributed by atoms with van der Waals surface area (Å²) in [5.74, 6) is 0.0506. The third kappa shape index (κ3) is 4.00. The predicted molar refractivity (Wildman–Crippen MR) is 92.5 cm³/mol. The first-order valence-electron chi connectivity index (χ1n) is 8.50. The quantitative estimate of drug-likeness (QED) is 0.843. The van der Waals surface area contributed by atoms with Gasteiger partial charge in [-0.2, -0.15) is 5.10 Å². The normalized spacial score (nSPS) is 18.5. The number of carbonyl (C=O) groups excluding carboxylic acids is 1. The van der Waals surface area contributed by atoms with Gasteiger partial charge < -0.3 is 4.90 Å². The number of hydrogen-bond donors (Lipinski definition) is 0. The molecule has 1 aromatic carbocycles. The Balaban J connectivity index is 1.71. The molecule has 0 spiro atoms. The molecule has 0 saturated carbocycles. The fraction of sp³-hybridized carbons (Fsp3) is 0.500. The maximum atomic E-state index is 12.2. The third-order valence-corrected chi connectivity index (χ3v) is 4.58. The number of nitrogens with zero attached hydrogens (tertiary/aromatic N) is 5. The van der Waals surface area contributed by atoms with Gasteiger partial charge in [0.25, 0.3) is 5.91 Å². The average Bonchev–Trinajstić information content (AvgIpc) is 3.09. The maximum absolute atomic E-state index is 12.2. The number of amides is 1. The summed E-state index contributed by atoms with van der Waals surface area (Å²) in [7, 11) is 3.57. The van der Waals surface area contributed by atoms with Crippen LogP contribution < -0.4 is 0 Å². The molecule has 6 nitrogen and oxygen atoms in total. The van der Waals surface area contributed by atoms with E-state index in [1.54, 1.807) is 31.6 Å². The highest BCUT2D eigenvalue weighted by molar-refractivity contribution is 5.94. The number of benzene rings is 1. The molecule has 0 N–H and O–H groups in total. The maximum Gasteiger partial charge on any atom is 0.253 e. The molecule has 1 aromatic heterocycles. The van der Waals surface area contributed by atoms with E-state index in [2.05, 4.69) is 21.0 Å². The van der Waals surface area contributed by atoms with E-state index in [-0.39, 0.29) is 5.91 Å². The number of carbonyl (C=O) groups is 1. The van der Waals surface area contributed by atoms with E-state index >= 15 is 0 Å². The van der Waals surface area contributed by atoms with Crippen molar-refractivity contribution in [2.75, 3.05) is 20.6 Å². The number of hydrogen-bond acceptors (Lipinski definition) is 4. The Morgan fingerprint density at radius 2 is 2.21 bits per heavy atom. The monoisotopic (exact) mass is 327 g/mol. The van der Waals surface area contributed by atoms with Crippen LogP contribution in [0.3, 0.4) is 0 Å². The molecule has 1 aliphatic rings. The summed E-state index contributed by atoms with van der Waals surface area (Å²) in [5.41, 5.74) is 1.94. The molecule has 0 unspecified atom stereocenters. The summed E-state index contributed by atoms with van der Waals surface area (Å²) in [6.45, 7) is 2.83. The van der Waals surface area contributed by atoms with E-state index in [4.69, 9.17) is 0 Å². The molecule has 1 atom stereocenters. The van der Waals surface area contributed by atoms with E-state index < -0.39 is 0 Å². The predicted octanol–water partition coefficient (Wildman–Crippen LogP) is 2.03. The first-order valence-corrected chi connectivity index (χ1v) is 8.50. The minimum atomic E-state index is 0.0506. The van der Waals surface area contributed by atoms with Gasteiger partial charge in [-0.1, -0.05) is 18.6 Å². The van der Waals surface area contributed by atoms with Gasteiger partial charge in [0.2, 0.25) is 0 Å². The van der Waals surface area contributed by atoms with E-state index in [1.807, 2.05) is 22.9 Å². The van der Waals surface area contributed by atoms with Crippen LogP contribution in [0, 0.1) is 0 Å². The highest BCUT2D eigenvalue weighted by Gasteiger charge is 2.23. The van der Waals surface area contributed by atoms with E-state index in [0.29, 0.717) is 6.04 Å². The standard InChI is InChI=1S/C18H25N5O/c1-21(2)18(24)16-7-5-6-15(10-16)11-22-9-4-3-8-17(22)12-23-14-19-13-20-23/h5-7,10,13-14,17H,3-4,8-9,11-12H2,1-2H3/t17-/m0/s1. The van der Waals surface area contributed by atoms with Gasteiger partial charge in [-0.15, -0.1) is 0 Å². The molecule has 1 aliphatic heterocycles. The SMILES string of the molecule is CN(C)C(=O)c1cccc(CN2CCCC[C@H]2Cn2cncn2)c1. The van der Waals surface area contributed by atoms with Crippen molar-refractivity contribution in [2.24, 2.45) is 0 Å². The minimum absolute atomic E-state index is 0.0506. The lowest BCUT2D eigenvalue weighted by atomic mass is 10.0. The number of rotatable bonds is 5. The molecular weight excluding hydrogens is 302 g/mol. The van der Waals surface area contributed by atoms with Crippen LogP contribution in [0.1, 0.15) is 35.2 Å². The van der Waals surface area contributed by atoms with Crippen molar-refractivity contribution in [3.8, 4) is 0 Å². The van der Waals surface area contributed by atoms with Gasteiger partial charge in [0.15, 0.2) is 0 Å². The van der Waals surface area contributed by atoms with Crippen molar-refractivity contribution in [3.63, 3.8) is 0 Å². The summed E-state index contributed by atoms with van der Waals surface area (Å²) in [6, 6.07) is 8.45. The van der Waals surface area contributed by atoms with Crippen molar-refractivity contribution >= 4 is 5.91 Å². The van der Waals surface area contributed by atoms with Crippen LogP contribution in [0.2, 0.25) is 0 Å². The highest BCUT2D eigenvalue weighted by Crippen LogP contribution is 2.21. The van der Waals surface area contributed by atoms with Crippen LogP contribution in [-0.4, -0.2) is 57.2 Å². The second-order valence-corrected chi connectivity index (χ2v) is 6.64. The zero-order chi connectivity index (χ0) is 16.9. The van der Waals surface area contributed by atoms with Crippen molar-refractivity contribution in [1.82, 2.24) is 24.6 Å². The number of likely N-dealkylation sites (tertiary alicyclic amines) is 1. The Kier molecular flexibility index (Phi) is 5.25. The molecule has 128 valence electrons. The van der Waals surface area contributed by atoms with Crippen molar-refractivity contribution < 1.29 is 4.79 Å². The molecule has 0 radical (unpaired) electrons. The molecule has 1 saturated heterocycles. The average molecular weight is 327 g/mol. The molecule has 2 heterocycles. The van der Waals surface area contributed by atoms with Gasteiger partial charge in [-0.25, -0.2) is 4.98 Å². The second-order valence-electron chi connectivity index (χ2n) is 6.64. The summed E-state index contributed by atoms with van der Waals surface area (Å²) in [4.78, 5) is 20.3. The van der Waals surface area contributed by atoms with Gasteiger partial charge in [-0.3, -0.25) is 14.4 Å². The molecule has 6 heteroatoms. The Morgan fingerprint density at radius 3 is 2.96 bits per heavy atom. The first-order chi connectivity index (χ1) is 11.6. The van der Waals surface area contributed by atoms with Crippen LogP contribution in [0.4, 0.5) is 0 Å². The van der Waals surface area contributed by atoms with Gasteiger partial charge in [0, 0.05) is 32.2 Å². The molecular formula is C18H25N5O. The van der Waals surface area contributed by atoms with Gasteiger partial charge in [0.05, 0.1) is 6.54 Å². The lowest BCUT2D eigenvalue weighted by Gasteiger charge is -2.35. The van der Waals surface area contributed by atoms with Gasteiger partial charge in [-0.05, 0) is 37.1 Å². The van der Waals surface area contributed by atoms with Gasteiger partial charge in [0.1, 0.15) is 12.7 Å². The van der Waals surface area contributed by atoms with Crippen molar-refractivity contribution in [1.29, 1.82) is 0 Å². The number of aromatic nitrogens is 3. The topological polar surface area (TPSA) is 54.3 Å². The van der Waals surface area contributed by atoms with Crippen molar-refractivity contribution in [3.05, 3.63) is 48.0 Å². The zero-order valence-corrected chi connectivity index (χ0v) is 14.4. The van der Waals surface area contributed by atoms with E-state index in [9.17, 15) is 4.79 Å². The third-order valence-electron chi connectivity index (χ3n) is 4.58. The molecule has 3 rings (SSSR count). The van der Waals surface area contributed by atoms with Crippen LogP contribution >= 0.6 is 0 Å². The summed E-state index contributed by atoms with van der Waals surface area (Å²) < 4.78 is 1.91. The second kappa shape index (κ2) is 7.57. The first kappa shape index (κ1) is 16.6. The summed E-state index contributed by atoms with van der Waals surface area (Å²) in [6.07, 6.45) is 7.03. The minimum Gasteiger partial charge on any atom is -0.345 e. The van der Waals surface area contributed by atoms with Crippen LogP contribution in [0.5, 0.6) is 0 Å². The van der Waals surface area contributed by atoms with Gasteiger partial charge >= 0.3 is 0 Å².